The normalized spacial score (nSPS) is 41.8. The highest BCUT2D eigenvalue weighted by atomic mass is 16.6. The van der Waals surface area contributed by atoms with Gasteiger partial charge in [-0.1, -0.05) is 30.2 Å². The predicted molar refractivity (Wildman–Crippen MR) is 93.0 cm³/mol. The summed E-state index contributed by atoms with van der Waals surface area (Å²) in [6.07, 6.45) is 10.6. The zero-order chi connectivity index (χ0) is 17.0. The number of fused-ring (bicyclic) bond motifs is 2. The summed E-state index contributed by atoms with van der Waals surface area (Å²) in [6.45, 7) is 8.12. The lowest BCUT2D eigenvalue weighted by atomic mass is 9.77. The maximum atomic E-state index is 12.2. The van der Waals surface area contributed by atoms with Crippen LogP contribution in [0.1, 0.15) is 72.6 Å². The maximum Gasteiger partial charge on any atom is 0.309 e. The van der Waals surface area contributed by atoms with E-state index >= 15 is 0 Å². The third-order valence-electron chi connectivity index (χ3n) is 5.63. The molecule has 0 aromatic heterocycles. The van der Waals surface area contributed by atoms with Crippen LogP contribution in [0, 0.1) is 11.8 Å². The number of carbonyl (C=O) groups is 1. The first kappa shape index (κ1) is 18.3. The summed E-state index contributed by atoms with van der Waals surface area (Å²) < 4.78 is 5.57. The van der Waals surface area contributed by atoms with Gasteiger partial charge in [0.1, 0.15) is 6.10 Å². The molecule has 0 unspecified atom stereocenters. The van der Waals surface area contributed by atoms with E-state index in [1.165, 1.54) is 11.1 Å². The summed E-state index contributed by atoms with van der Waals surface area (Å²) in [4.78, 5) is 12.2. The lowest BCUT2D eigenvalue weighted by Gasteiger charge is -2.40. The number of aliphatic hydroxyl groups is 1. The Morgan fingerprint density at radius 3 is 2.57 bits per heavy atom. The summed E-state index contributed by atoms with van der Waals surface area (Å²) in [6, 6.07) is 0. The molecule has 0 amide bonds. The minimum Gasteiger partial charge on any atom is -0.459 e. The van der Waals surface area contributed by atoms with Crippen molar-refractivity contribution in [2.45, 2.75) is 84.3 Å². The maximum absolute atomic E-state index is 12.2. The van der Waals surface area contributed by atoms with Gasteiger partial charge >= 0.3 is 5.97 Å². The van der Waals surface area contributed by atoms with Crippen LogP contribution >= 0.6 is 0 Å². The van der Waals surface area contributed by atoms with E-state index in [2.05, 4.69) is 26.0 Å². The molecule has 1 N–H and O–H groups in total. The average Bonchev–Trinajstić information content (AvgIpc) is 2.47. The van der Waals surface area contributed by atoms with Crippen molar-refractivity contribution in [2.24, 2.45) is 11.8 Å². The predicted octanol–water partition coefficient (Wildman–Crippen LogP) is 4.55. The Labute approximate surface area is 140 Å². The molecule has 1 saturated heterocycles. The highest BCUT2D eigenvalue weighted by molar-refractivity contribution is 5.73. The number of carbonyl (C=O) groups excluding carboxylic acids is 1. The third-order valence-corrected chi connectivity index (χ3v) is 5.63. The second kappa shape index (κ2) is 7.65. The van der Waals surface area contributed by atoms with Gasteiger partial charge in [0.25, 0.3) is 0 Å². The first-order valence-corrected chi connectivity index (χ1v) is 9.03. The quantitative estimate of drug-likeness (QED) is 0.526. The second-order valence-electron chi connectivity index (χ2n) is 7.78. The van der Waals surface area contributed by atoms with Crippen LogP contribution in [-0.4, -0.2) is 22.8 Å². The fourth-order valence-electron chi connectivity index (χ4n) is 3.65. The fourth-order valence-corrected chi connectivity index (χ4v) is 3.65. The number of hydrogen-bond donors (Lipinski definition) is 1. The smallest absolute Gasteiger partial charge is 0.309 e. The molecular weight excluding hydrogens is 288 g/mol. The summed E-state index contributed by atoms with van der Waals surface area (Å²) in [5.41, 5.74) is 1.83. The molecule has 2 aliphatic rings. The van der Waals surface area contributed by atoms with Gasteiger partial charge in [0, 0.05) is 0 Å². The van der Waals surface area contributed by atoms with Gasteiger partial charge in [-0.2, -0.15) is 0 Å². The Bertz CT molecular complexity index is 487. The molecule has 0 saturated carbocycles. The Balaban J connectivity index is 2.19. The molecule has 1 aliphatic heterocycles. The minimum atomic E-state index is -0.945. The van der Waals surface area contributed by atoms with Crippen LogP contribution in [0.25, 0.3) is 0 Å². The van der Waals surface area contributed by atoms with Gasteiger partial charge in [0.15, 0.2) is 0 Å². The molecule has 0 aromatic rings. The molecule has 3 nitrogen and oxygen atoms in total. The number of esters is 1. The summed E-state index contributed by atoms with van der Waals surface area (Å²) in [5, 5.41) is 10.8. The van der Waals surface area contributed by atoms with E-state index in [1.54, 1.807) is 0 Å². The van der Waals surface area contributed by atoms with E-state index in [0.717, 1.165) is 38.5 Å². The molecular formula is C20H32O3. The van der Waals surface area contributed by atoms with E-state index in [4.69, 9.17) is 4.74 Å². The first-order valence-electron chi connectivity index (χ1n) is 9.03. The third kappa shape index (κ3) is 4.94. The summed E-state index contributed by atoms with van der Waals surface area (Å²) in [5.74, 6) is 0.0909. The van der Waals surface area contributed by atoms with Crippen molar-refractivity contribution in [1.82, 2.24) is 0 Å². The topological polar surface area (TPSA) is 46.5 Å². The molecule has 0 spiro atoms. The van der Waals surface area contributed by atoms with Crippen LogP contribution in [0.2, 0.25) is 0 Å². The Kier molecular flexibility index (Phi) is 6.07. The van der Waals surface area contributed by atoms with Crippen LogP contribution in [0.15, 0.2) is 23.3 Å². The zero-order valence-electron chi connectivity index (χ0n) is 15.1. The Morgan fingerprint density at radius 1 is 1.17 bits per heavy atom. The highest BCUT2D eigenvalue weighted by Gasteiger charge is 2.43. The average molecular weight is 320 g/mol. The lowest BCUT2D eigenvalue weighted by Crippen LogP contribution is -2.49. The standard InChI is InChI=1S/C20H32O3/c1-14-7-5-8-15(2)10-11-17-13-18(23-19(21)16(17)3)20(4,22)12-6-9-14/h8-9,16-18,22H,5-7,10-13H2,1-4H3/b14-9+,15-8+/t16-,17+,18-,20-/m0/s1. The molecule has 1 fully saturated rings. The number of hydrogen-bond acceptors (Lipinski definition) is 3. The number of rotatable bonds is 0. The second-order valence-corrected chi connectivity index (χ2v) is 7.78. The Hall–Kier alpha value is -1.09. The molecule has 2 bridgehead atoms. The van der Waals surface area contributed by atoms with Gasteiger partial charge in [-0.3, -0.25) is 4.79 Å². The SMILES string of the molecule is C/C1=C\CC[C@](C)(O)[C@@H]2C[C@@H](CC/C(C)=C/CC1)[C@H](C)C(=O)O2. The van der Waals surface area contributed by atoms with Crippen LogP contribution in [-0.2, 0) is 9.53 Å². The minimum absolute atomic E-state index is 0.0649. The van der Waals surface area contributed by atoms with Gasteiger partial charge in [0.05, 0.1) is 11.5 Å². The van der Waals surface area contributed by atoms with Gasteiger partial charge in [0.2, 0.25) is 0 Å². The van der Waals surface area contributed by atoms with E-state index in [0.29, 0.717) is 12.3 Å². The molecule has 0 aromatic carbocycles. The monoisotopic (exact) mass is 320 g/mol. The van der Waals surface area contributed by atoms with Gasteiger partial charge in [-0.25, -0.2) is 0 Å². The highest BCUT2D eigenvalue weighted by Crippen LogP contribution is 2.37. The van der Waals surface area contributed by atoms with E-state index in [-0.39, 0.29) is 18.0 Å². The molecule has 4 atom stereocenters. The van der Waals surface area contributed by atoms with Crippen LogP contribution in [0.4, 0.5) is 0 Å². The molecule has 0 radical (unpaired) electrons. The largest absolute Gasteiger partial charge is 0.459 e. The van der Waals surface area contributed by atoms with Crippen molar-refractivity contribution in [3.8, 4) is 0 Å². The summed E-state index contributed by atoms with van der Waals surface area (Å²) >= 11 is 0. The fraction of sp³-hybridized carbons (Fsp3) is 0.750. The number of ether oxygens (including phenoxy) is 1. The van der Waals surface area contributed by atoms with Gasteiger partial charge in [-0.05, 0) is 71.6 Å². The molecule has 2 rings (SSSR count). The molecule has 130 valence electrons. The van der Waals surface area contributed by atoms with Crippen molar-refractivity contribution < 1.29 is 14.6 Å². The van der Waals surface area contributed by atoms with Crippen molar-refractivity contribution in [2.75, 3.05) is 0 Å². The van der Waals surface area contributed by atoms with Crippen molar-refractivity contribution in [3.05, 3.63) is 23.3 Å². The van der Waals surface area contributed by atoms with Crippen molar-refractivity contribution in [3.63, 3.8) is 0 Å². The van der Waals surface area contributed by atoms with Crippen LogP contribution in [0.3, 0.4) is 0 Å². The van der Waals surface area contributed by atoms with Crippen LogP contribution < -0.4 is 0 Å². The van der Waals surface area contributed by atoms with Gasteiger partial charge in [-0.15, -0.1) is 0 Å². The van der Waals surface area contributed by atoms with Crippen LogP contribution in [0.5, 0.6) is 0 Å². The van der Waals surface area contributed by atoms with E-state index in [9.17, 15) is 9.90 Å². The zero-order valence-corrected chi connectivity index (χ0v) is 15.1. The lowest BCUT2D eigenvalue weighted by molar-refractivity contribution is -0.184. The van der Waals surface area contributed by atoms with Crippen molar-refractivity contribution in [1.29, 1.82) is 0 Å². The number of allylic oxidation sites excluding steroid dienone is 4. The molecule has 1 aliphatic carbocycles. The van der Waals surface area contributed by atoms with E-state index < -0.39 is 5.60 Å². The molecule has 1 heterocycles. The van der Waals surface area contributed by atoms with Crippen molar-refractivity contribution >= 4 is 5.97 Å². The Morgan fingerprint density at radius 2 is 1.83 bits per heavy atom. The van der Waals surface area contributed by atoms with E-state index in [1.807, 2.05) is 13.8 Å². The first-order chi connectivity index (χ1) is 10.8. The molecule has 3 heteroatoms. The summed E-state index contributed by atoms with van der Waals surface area (Å²) in [7, 11) is 0. The molecule has 23 heavy (non-hydrogen) atoms. The van der Waals surface area contributed by atoms with Gasteiger partial charge < -0.3 is 9.84 Å².